The van der Waals surface area contributed by atoms with Crippen LogP contribution in [-0.4, -0.2) is 295 Å². The van der Waals surface area contributed by atoms with Crippen LogP contribution in [0.25, 0.3) is 0 Å². The number of ether oxygens (including phenoxy) is 10. The summed E-state index contributed by atoms with van der Waals surface area (Å²) in [6.07, 6.45) is 23.2. The molecule has 776 valence electrons. The van der Waals surface area contributed by atoms with E-state index in [1.165, 1.54) is 36.2 Å². The molecule has 12 aromatic heterocycles. The second-order valence-electron chi connectivity index (χ2n) is 38.9. The zero-order valence-electron chi connectivity index (χ0n) is 99.0. The molecule has 150 heavy (non-hydrogen) atoms. The van der Waals surface area contributed by atoms with Crippen LogP contribution in [-0.2, 0) is 67.7 Å². The maximum absolute atomic E-state index is 8.25. The Morgan fingerprint density at radius 1 is 0.373 bits per heavy atom. The summed E-state index contributed by atoms with van der Waals surface area (Å²) in [4.78, 5) is 105. The zero-order chi connectivity index (χ0) is 115. The van der Waals surface area contributed by atoms with E-state index in [0.717, 1.165) is 286 Å². The smallest absolute Gasteiger partial charge is 0.317 e. The first-order valence-corrected chi connectivity index (χ1v) is 50.9. The van der Waals surface area contributed by atoms with E-state index < -0.39 is 51.7 Å². The van der Waals surface area contributed by atoms with Crippen LogP contribution in [0.5, 0.6) is 23.7 Å². The average Bonchev–Trinajstić information content (AvgIpc) is 1.09. The molecule has 0 spiro atoms. The Morgan fingerprint density at radius 3 is 1.25 bits per heavy atom. The van der Waals surface area contributed by atoms with Gasteiger partial charge in [-0.15, -0.1) is 0 Å². The summed E-state index contributed by atoms with van der Waals surface area (Å²) < 4.78 is 165. The monoisotopic (exact) mass is 2040 g/mol. The normalized spacial score (nSPS) is 22.0. The Morgan fingerprint density at radius 2 is 0.773 bits per heavy atom. The van der Waals surface area contributed by atoms with Gasteiger partial charge in [-0.3, -0.25) is 34.9 Å². The number of rotatable bonds is 22. The van der Waals surface area contributed by atoms with Gasteiger partial charge >= 0.3 is 6.01 Å². The number of morpholine rings is 6. The van der Waals surface area contributed by atoms with Crippen LogP contribution >= 0.6 is 0 Å². The second-order valence-corrected chi connectivity index (χ2v) is 38.9. The number of anilines is 7. The van der Waals surface area contributed by atoms with E-state index in [9.17, 15) is 0 Å². The minimum atomic E-state index is -3.27. The van der Waals surface area contributed by atoms with Crippen molar-refractivity contribution in [1.82, 2.24) is 74.8 Å². The van der Waals surface area contributed by atoms with E-state index in [4.69, 9.17) is 76.8 Å². The number of pyridine rings is 9. The van der Waals surface area contributed by atoms with Crippen molar-refractivity contribution in [2.24, 2.45) is 30.0 Å². The number of hydrogen-bond donors (Lipinski definition) is 1. The van der Waals surface area contributed by atoms with Gasteiger partial charge in [0.15, 0.2) is 0 Å². The van der Waals surface area contributed by atoms with Crippen LogP contribution in [0.4, 0.5) is 40.7 Å². The first-order chi connectivity index (χ1) is 78.6. The standard InChI is InChI=1S/C21H25N5O2.C19H21N5O2.C19H23N5O.C19H22N4O2.C18H21N5O2.C16H16N4O/c1-13-10-26(11-14(2)27-13)18-7-17(24-12-25-18)20-16-6-19(28-21(3)4-5-21)22-8-15(16)9-23-20;1-19(2-3-19)26-17-8-14-13(10-20-17)11-21-18(14)15-9-16(23-12-22-15)24-4-6-25-7-5-24;1-13(2)23-17-10-16-15(11-21-17)12-22-19(16)14-3-4-20-18(9-14)24-5-7-25-8-6-24;1-13(2)25-18-10-16-15(11-21-18)12-22-19(16)14-3-4-20-17(9-14)23-5-7-24-8-6-23;1-12(2)25-18-21-11-14-10-20-16(17(14)22-18)13-3-4-19-15(9-13)23-5-7-24-8-6-23;1-2-13-14(17-4-1)11-19-16(13)12-3-5-18-15(10-12)20-6-8-21-9-7-20/h6-8,12-14H,4-5,9-11H2,1-3H3;8-10,12H,2-7,11H2,1H3;3-4,9-11,13H,5-8,12H2,1-2H3,(H,21,23);3-4,9-11,13H,5-8,12H2,1-2H3;3-4,9,11-12H,5-8,10H2,1-2H3;1-5,10H,6-9,11H2/t13-,14+;;;;;/i;;;1D3,2D3,5D2,6D2,7D2,8D2;;. The molecule has 6 saturated heterocycles. The Hall–Kier alpha value is -14.8. The van der Waals surface area contributed by atoms with Gasteiger partial charge in [-0.25, -0.2) is 64.8 Å². The lowest BCUT2D eigenvalue weighted by Crippen LogP contribution is -2.45. The van der Waals surface area contributed by atoms with Crippen molar-refractivity contribution in [3.05, 3.63) is 272 Å². The number of hydrogen-bond acceptors (Lipinski definition) is 38. The molecule has 0 unspecified atom stereocenters. The molecule has 2 aliphatic carbocycles. The molecule has 2 atom stereocenters. The highest BCUT2D eigenvalue weighted by Gasteiger charge is 2.43. The molecule has 26 rings (SSSR count). The van der Waals surface area contributed by atoms with Crippen molar-refractivity contribution in [2.45, 2.75) is 176 Å². The van der Waals surface area contributed by atoms with E-state index in [1.54, 1.807) is 18.9 Å². The SMILES string of the molecule is CC(C)Nc1cc2c(cn1)CN=C2c1ccnc(N2CCOCC2)c1.CC(C)Oc1ncc2c(n1)C(c1ccnc(N3CCOCC3)c1)=NC2.CC1(Oc2cc3c(cn2)CN=C3c2cc(N3CCOCC3)ncn2)CC1.C[C@@H]1CN(c2cc(C3=NCc4cnc(OC5(C)CC5)cc43)ncn2)C[C@H](C)O1.[2H]C([2H])([2H])C(Oc1cc2c(cn1)CN=C2c1ccnc(N2C([2H])([2H])C([2H])([2H])OC([2H])([2H])C2([2H])[2H])c1)C([2H])([2H])[2H].c1cnc2c(c1)C(c1ccnc(N3CCOCC3)c1)=NC2. The average molecular weight is 2040 g/mol. The third-order valence-electron chi connectivity index (χ3n) is 26.8. The van der Waals surface area contributed by atoms with Gasteiger partial charge in [0, 0.05) is 263 Å². The quantitative estimate of drug-likeness (QED) is 0.0658. The van der Waals surface area contributed by atoms with Crippen molar-refractivity contribution in [3.63, 3.8) is 0 Å². The van der Waals surface area contributed by atoms with E-state index in [0.29, 0.717) is 67.7 Å². The largest absolute Gasteiger partial charge is 0.475 e. The summed E-state index contributed by atoms with van der Waals surface area (Å²) >= 11 is 0. The molecule has 24 heterocycles. The van der Waals surface area contributed by atoms with E-state index in [1.807, 2.05) is 106 Å². The predicted octanol–water partition coefficient (Wildman–Crippen LogP) is 13.2. The lowest BCUT2D eigenvalue weighted by Gasteiger charge is -2.36. The van der Waals surface area contributed by atoms with Gasteiger partial charge in [-0.2, -0.15) is 4.98 Å². The van der Waals surface area contributed by atoms with Crippen LogP contribution in [0.1, 0.15) is 215 Å². The molecule has 38 heteroatoms. The highest BCUT2D eigenvalue weighted by atomic mass is 16.5. The zero-order valence-corrected chi connectivity index (χ0v) is 85.0. The fourth-order valence-corrected chi connectivity index (χ4v) is 18.7. The summed E-state index contributed by atoms with van der Waals surface area (Å²) in [6, 6.07) is 31.2. The Kier molecular flexibility index (Phi) is 26.1. The molecule has 1 N–H and O–H groups in total. The highest BCUT2D eigenvalue weighted by Crippen LogP contribution is 2.43. The highest BCUT2D eigenvalue weighted by molar-refractivity contribution is 6.18. The maximum Gasteiger partial charge on any atom is 0.317 e. The lowest BCUT2D eigenvalue weighted by molar-refractivity contribution is -0.00547. The molecular weight excluding hydrogens is 1900 g/mol. The topological polar surface area (TPSA) is 391 Å². The molecular formula is C112H128N28O10. The van der Waals surface area contributed by atoms with Gasteiger partial charge in [0.05, 0.1) is 192 Å². The summed E-state index contributed by atoms with van der Waals surface area (Å²) in [5.74, 6) is 6.25. The fraction of sp³-hybridized carbons (Fsp3) is 0.438. The molecule has 8 fully saturated rings. The lowest BCUT2D eigenvalue weighted by atomic mass is 10.0. The van der Waals surface area contributed by atoms with Crippen LogP contribution in [0.3, 0.4) is 0 Å². The van der Waals surface area contributed by atoms with Gasteiger partial charge < -0.3 is 82.1 Å². The third kappa shape index (κ3) is 24.7. The van der Waals surface area contributed by atoms with Crippen molar-refractivity contribution in [1.29, 1.82) is 0 Å². The molecule has 0 radical (unpaired) electrons. The van der Waals surface area contributed by atoms with Gasteiger partial charge in [0.2, 0.25) is 17.6 Å². The second kappa shape index (κ2) is 46.1. The minimum absolute atomic E-state index is 0.0358. The number of aromatic nitrogens is 15. The first kappa shape index (κ1) is 85.0. The molecule has 14 aliphatic rings. The Balaban J connectivity index is 0.000000114. The minimum Gasteiger partial charge on any atom is -0.475 e. The van der Waals surface area contributed by atoms with Crippen molar-refractivity contribution < 1.29 is 66.6 Å². The van der Waals surface area contributed by atoms with Crippen molar-refractivity contribution in [3.8, 4) is 23.7 Å². The first-order valence-electron chi connectivity index (χ1n) is 57.9. The number of nitrogens with zero attached hydrogens (tertiary/aromatic N) is 27. The molecule has 0 amide bonds. The predicted molar refractivity (Wildman–Crippen MR) is 574 cm³/mol. The van der Waals surface area contributed by atoms with Crippen LogP contribution in [0.2, 0.25) is 0 Å². The van der Waals surface area contributed by atoms with Gasteiger partial charge in [0.25, 0.3) is 0 Å². The van der Waals surface area contributed by atoms with Crippen LogP contribution < -0.4 is 53.7 Å². The number of aliphatic imine (C=N–C) groups is 6. The maximum atomic E-state index is 8.25. The molecule has 38 nitrogen and oxygen atoms in total. The summed E-state index contributed by atoms with van der Waals surface area (Å²) in [7, 11) is 0. The summed E-state index contributed by atoms with van der Waals surface area (Å²) in [6.45, 7) is 15.6. The third-order valence-corrected chi connectivity index (χ3v) is 26.8. The van der Waals surface area contributed by atoms with Gasteiger partial charge in [-0.05, 0) is 162 Å². The van der Waals surface area contributed by atoms with Crippen LogP contribution in [0.15, 0.2) is 202 Å². The van der Waals surface area contributed by atoms with Gasteiger partial charge in [-0.1, -0.05) is 0 Å². The Labute approximate surface area is 893 Å². The van der Waals surface area contributed by atoms with E-state index >= 15 is 0 Å². The molecule has 2 saturated carbocycles. The molecule has 12 aliphatic heterocycles. The van der Waals surface area contributed by atoms with Crippen LogP contribution in [0, 0.1) is 0 Å². The number of fused-ring (bicyclic) bond motifs is 6. The molecule has 12 aromatic rings. The summed E-state index contributed by atoms with van der Waals surface area (Å²) in [5.41, 5.74) is 21.7. The molecule has 0 aromatic carbocycles. The van der Waals surface area contributed by atoms with Gasteiger partial charge in [0.1, 0.15) is 70.3 Å². The fourth-order valence-electron chi connectivity index (χ4n) is 18.7. The van der Waals surface area contributed by atoms with E-state index in [-0.39, 0.29) is 58.1 Å². The van der Waals surface area contributed by atoms with Crippen molar-refractivity contribution >= 4 is 75.0 Å². The summed E-state index contributed by atoms with van der Waals surface area (Å²) in [5, 5.41) is 3.37. The van der Waals surface area contributed by atoms with E-state index in [2.05, 4.69) is 196 Å². The Bertz CT molecular complexity index is 7530. The number of nitrogens with one attached hydrogen (secondary N) is 1. The van der Waals surface area contributed by atoms with Crippen molar-refractivity contribution in [2.75, 3.05) is 179 Å². The molecule has 0 bridgehead atoms.